The van der Waals surface area contributed by atoms with Crippen LogP contribution in [0.25, 0.3) is 11.3 Å². The Balaban J connectivity index is 1.79. The van der Waals surface area contributed by atoms with Crippen molar-refractivity contribution in [2.75, 3.05) is 23.4 Å². The minimum Gasteiger partial charge on any atom is -0.443 e. The summed E-state index contributed by atoms with van der Waals surface area (Å²) in [6.07, 6.45) is 1.20. The van der Waals surface area contributed by atoms with Gasteiger partial charge in [0.15, 0.2) is 13.4 Å². The van der Waals surface area contributed by atoms with Crippen LogP contribution in [0.2, 0.25) is 18.1 Å². The number of nitriles is 1. The number of aryl methyl sites for hydroxylation is 2. The number of anilines is 3. The largest absolute Gasteiger partial charge is 0.443 e. The van der Waals surface area contributed by atoms with Gasteiger partial charge in [0.25, 0.3) is 0 Å². The highest BCUT2D eigenvalue weighted by Crippen LogP contribution is 2.47. The number of carbonyl (C=O) groups excluding carboxylic acids is 1. The predicted octanol–water partition coefficient (Wildman–Crippen LogP) is 7.87. The van der Waals surface area contributed by atoms with Crippen LogP contribution in [-0.4, -0.2) is 48.1 Å². The van der Waals surface area contributed by atoms with E-state index in [-0.39, 0.29) is 5.04 Å². The van der Waals surface area contributed by atoms with E-state index in [1.165, 1.54) is 0 Å². The second-order valence-electron chi connectivity index (χ2n) is 13.8. The number of hydrogen-bond acceptors (Lipinski definition) is 9. The third-order valence-electron chi connectivity index (χ3n) is 8.03. The van der Waals surface area contributed by atoms with Gasteiger partial charge in [0.1, 0.15) is 11.7 Å². The number of fused-ring (bicyclic) bond motifs is 1. The molecule has 42 heavy (non-hydrogen) atoms. The molecule has 0 fully saturated rings. The summed E-state index contributed by atoms with van der Waals surface area (Å²) in [4.78, 5) is 29.9. The van der Waals surface area contributed by atoms with E-state index in [0.717, 1.165) is 26.8 Å². The Bertz CT molecular complexity index is 1530. The van der Waals surface area contributed by atoms with Gasteiger partial charge in [0.05, 0.1) is 22.6 Å². The Hall–Kier alpha value is -3.33. The van der Waals surface area contributed by atoms with Gasteiger partial charge in [0, 0.05) is 35.2 Å². The number of aromatic nitrogens is 3. The summed E-state index contributed by atoms with van der Waals surface area (Å²) in [5.41, 5.74) is 2.92. The van der Waals surface area contributed by atoms with E-state index in [4.69, 9.17) is 14.1 Å². The first-order valence-electron chi connectivity index (χ1n) is 14.1. The van der Waals surface area contributed by atoms with Crippen LogP contribution in [0.4, 0.5) is 21.6 Å². The number of nitrogens with zero attached hydrogens (tertiary/aromatic N) is 5. The molecular weight excluding hydrogens is 565 g/mol. The van der Waals surface area contributed by atoms with Gasteiger partial charge < -0.3 is 14.5 Å². The fraction of sp³-hybridized carbons (Fsp3) is 0.516. The summed E-state index contributed by atoms with van der Waals surface area (Å²) in [5, 5.41) is 14.3. The number of ether oxygens (including phenoxy) is 1. The topological polar surface area (TPSA) is 113 Å². The average Bonchev–Trinajstić information content (AvgIpc) is 3.36. The Kier molecular flexibility index (Phi) is 8.32. The molecule has 0 saturated carbocycles. The van der Waals surface area contributed by atoms with Crippen molar-refractivity contribution in [2.24, 2.45) is 0 Å². The molecule has 1 N–H and O–H groups in total. The maximum Gasteiger partial charge on any atom is 0.414 e. The van der Waals surface area contributed by atoms with E-state index in [1.54, 1.807) is 28.5 Å². The Morgan fingerprint density at radius 1 is 1.19 bits per heavy atom. The molecule has 224 valence electrons. The summed E-state index contributed by atoms with van der Waals surface area (Å²) < 4.78 is 12.5. The molecule has 0 radical (unpaired) electrons. The first-order valence-corrected chi connectivity index (χ1v) is 17.8. The van der Waals surface area contributed by atoms with Gasteiger partial charge in [0.2, 0.25) is 5.95 Å². The number of nitrogens with one attached hydrogen (secondary N) is 1. The Morgan fingerprint density at radius 2 is 1.88 bits per heavy atom. The first-order chi connectivity index (χ1) is 19.3. The van der Waals surface area contributed by atoms with Crippen LogP contribution in [0.1, 0.15) is 70.2 Å². The zero-order valence-electron chi connectivity index (χ0n) is 26.6. The molecule has 3 heterocycles. The molecule has 2 aromatic heterocycles. The van der Waals surface area contributed by atoms with E-state index >= 15 is 0 Å². The van der Waals surface area contributed by atoms with Crippen molar-refractivity contribution in [3.63, 3.8) is 0 Å². The van der Waals surface area contributed by atoms with E-state index < -0.39 is 25.4 Å². The van der Waals surface area contributed by atoms with Gasteiger partial charge >= 0.3 is 6.09 Å². The van der Waals surface area contributed by atoms with Crippen molar-refractivity contribution in [3.8, 4) is 17.3 Å². The molecule has 1 unspecified atom stereocenters. The molecule has 3 aromatic rings. The molecule has 4 rings (SSSR count). The highest BCUT2D eigenvalue weighted by atomic mass is 32.1. The molecule has 1 aromatic carbocycles. The second-order valence-corrected chi connectivity index (χ2v) is 19.8. The second kappa shape index (κ2) is 11.1. The maximum absolute atomic E-state index is 13.5. The van der Waals surface area contributed by atoms with E-state index in [9.17, 15) is 10.1 Å². The molecule has 1 aliphatic rings. The summed E-state index contributed by atoms with van der Waals surface area (Å²) in [7, 11) is -2.11. The standard InChI is InChI=1S/C31H42N6O3SSi/c1-19-20(2)41-27(34-19)36-26-33-13-12-24(35-26)21-14-22(16-32)25-23(15-21)31(9,18-39-42(10,11)30(6,7)8)17-37(25)28(38)40-29(3,4)5/h12-15H,17-18H2,1-11H3,(H,33,34,35,36). The lowest BCUT2D eigenvalue weighted by Crippen LogP contribution is -2.46. The summed E-state index contributed by atoms with van der Waals surface area (Å²) >= 11 is 1.54. The molecular formula is C31H42N6O3SSi. The van der Waals surface area contributed by atoms with Crippen molar-refractivity contribution in [1.82, 2.24) is 15.0 Å². The van der Waals surface area contributed by atoms with Crippen LogP contribution < -0.4 is 10.2 Å². The monoisotopic (exact) mass is 606 g/mol. The maximum atomic E-state index is 13.5. The smallest absolute Gasteiger partial charge is 0.414 e. The van der Waals surface area contributed by atoms with Gasteiger partial charge in [-0.15, -0.1) is 11.3 Å². The lowest BCUT2D eigenvalue weighted by molar-refractivity contribution is 0.0575. The lowest BCUT2D eigenvalue weighted by Gasteiger charge is -2.39. The minimum atomic E-state index is -2.11. The number of thiazole rings is 1. The molecule has 0 aliphatic carbocycles. The van der Waals surface area contributed by atoms with Crippen molar-refractivity contribution in [3.05, 3.63) is 46.1 Å². The van der Waals surface area contributed by atoms with Crippen LogP contribution in [0.15, 0.2) is 24.4 Å². The quantitative estimate of drug-likeness (QED) is 0.282. The highest BCUT2D eigenvalue weighted by molar-refractivity contribution is 7.15. The van der Waals surface area contributed by atoms with Gasteiger partial charge in [-0.1, -0.05) is 27.7 Å². The van der Waals surface area contributed by atoms with Crippen LogP contribution in [0, 0.1) is 25.2 Å². The Morgan fingerprint density at radius 3 is 2.45 bits per heavy atom. The van der Waals surface area contributed by atoms with Crippen LogP contribution >= 0.6 is 11.3 Å². The first kappa shape index (κ1) is 31.6. The molecule has 0 bridgehead atoms. The van der Waals surface area contributed by atoms with E-state index in [0.29, 0.717) is 36.0 Å². The number of amides is 1. The minimum absolute atomic E-state index is 0.0220. The summed E-state index contributed by atoms with van der Waals surface area (Å²) in [5.74, 6) is 0.416. The van der Waals surface area contributed by atoms with Gasteiger partial charge in [-0.25, -0.2) is 19.7 Å². The van der Waals surface area contributed by atoms with Crippen LogP contribution in [-0.2, 0) is 14.6 Å². The van der Waals surface area contributed by atoms with Gasteiger partial charge in [-0.05, 0) is 76.5 Å². The summed E-state index contributed by atoms with van der Waals surface area (Å²) in [6, 6.07) is 7.96. The molecule has 1 atom stereocenters. The zero-order valence-corrected chi connectivity index (χ0v) is 28.4. The third kappa shape index (κ3) is 6.51. The number of hydrogen-bond donors (Lipinski definition) is 1. The SMILES string of the molecule is Cc1nc(Nc2nccc(-c3cc(C#N)c4c(c3)C(C)(CO[Si](C)(C)C(C)(C)C)CN4C(=O)OC(C)(C)C)n2)sc1C. The van der Waals surface area contributed by atoms with Crippen LogP contribution in [0.3, 0.4) is 0 Å². The highest BCUT2D eigenvalue weighted by Gasteiger charge is 2.47. The fourth-order valence-corrected chi connectivity index (χ4v) is 6.41. The fourth-order valence-electron chi connectivity index (χ4n) is 4.49. The van der Waals surface area contributed by atoms with Crippen molar-refractivity contribution in [2.45, 2.75) is 91.5 Å². The van der Waals surface area contributed by atoms with Crippen LogP contribution in [0.5, 0.6) is 0 Å². The summed E-state index contributed by atoms with van der Waals surface area (Å²) in [6.45, 7) is 23.4. The number of carbonyl (C=O) groups is 1. The average molecular weight is 607 g/mol. The van der Waals surface area contributed by atoms with Gasteiger partial charge in [-0.3, -0.25) is 4.90 Å². The van der Waals surface area contributed by atoms with Crippen molar-refractivity contribution < 1.29 is 14.0 Å². The van der Waals surface area contributed by atoms with Gasteiger partial charge in [-0.2, -0.15) is 5.26 Å². The third-order valence-corrected chi connectivity index (χ3v) is 13.5. The molecule has 0 saturated heterocycles. The molecule has 11 heteroatoms. The van der Waals surface area contributed by atoms with Crippen molar-refractivity contribution in [1.29, 1.82) is 5.26 Å². The number of benzene rings is 1. The zero-order chi connectivity index (χ0) is 31.3. The van der Waals surface area contributed by atoms with Crippen molar-refractivity contribution >= 4 is 42.5 Å². The predicted molar refractivity (Wildman–Crippen MR) is 171 cm³/mol. The molecule has 1 aliphatic heterocycles. The number of rotatable bonds is 6. The lowest BCUT2D eigenvalue weighted by atomic mass is 9.83. The van der Waals surface area contributed by atoms with E-state index in [2.05, 4.69) is 62.1 Å². The molecule has 0 spiro atoms. The molecule has 9 nitrogen and oxygen atoms in total. The van der Waals surface area contributed by atoms with E-state index in [1.807, 2.05) is 46.8 Å². The molecule has 1 amide bonds. The Labute approximate surface area is 254 Å². The normalized spacial score (nSPS) is 17.1.